The lowest BCUT2D eigenvalue weighted by Gasteiger charge is -2.17. The number of nitrogens with one attached hydrogen (secondary N) is 1. The van der Waals surface area contributed by atoms with Gasteiger partial charge in [-0.2, -0.15) is 4.68 Å². The standard InChI is InChI=1S/C27H27N3O5/c1-17(2)20-12-7-9-18(3)22(20)15-28-26(32)30-25(31)21-13-8-14-23(35-27(33)34)24(21)29(30)16-19-10-5-4-6-11-19/h4-14,17H,15-16H2,1-3H3,(H,28,32)(H,33,34). The van der Waals surface area contributed by atoms with Gasteiger partial charge in [-0.1, -0.05) is 68.4 Å². The van der Waals surface area contributed by atoms with Gasteiger partial charge < -0.3 is 15.2 Å². The Morgan fingerprint density at radius 1 is 1.00 bits per heavy atom. The van der Waals surface area contributed by atoms with Crippen molar-refractivity contribution in [3.63, 3.8) is 0 Å². The fraction of sp³-hybridized carbons (Fsp3) is 0.222. The molecule has 0 aliphatic heterocycles. The van der Waals surface area contributed by atoms with Crippen LogP contribution in [0.4, 0.5) is 9.59 Å². The molecule has 8 heteroatoms. The molecule has 3 aromatic carbocycles. The van der Waals surface area contributed by atoms with Crippen LogP contribution in [0.1, 0.15) is 42.0 Å². The summed E-state index contributed by atoms with van der Waals surface area (Å²) in [6.45, 7) is 6.57. The van der Waals surface area contributed by atoms with Crippen LogP contribution in [0, 0.1) is 6.92 Å². The number of ether oxygens (including phenoxy) is 1. The first-order chi connectivity index (χ1) is 16.8. The molecule has 0 unspecified atom stereocenters. The van der Waals surface area contributed by atoms with Crippen molar-refractivity contribution in [3.05, 3.63) is 99.3 Å². The molecule has 2 N–H and O–H groups in total. The third kappa shape index (κ3) is 4.82. The molecule has 4 aromatic rings. The van der Waals surface area contributed by atoms with Crippen molar-refractivity contribution in [2.45, 2.75) is 39.8 Å². The van der Waals surface area contributed by atoms with Crippen molar-refractivity contribution < 1.29 is 19.4 Å². The highest BCUT2D eigenvalue weighted by atomic mass is 16.7. The molecule has 35 heavy (non-hydrogen) atoms. The number of para-hydroxylation sites is 1. The summed E-state index contributed by atoms with van der Waals surface area (Å²) in [5.74, 6) is 0.250. The van der Waals surface area contributed by atoms with Gasteiger partial charge in [0.15, 0.2) is 5.75 Å². The van der Waals surface area contributed by atoms with E-state index >= 15 is 0 Å². The van der Waals surface area contributed by atoms with E-state index in [2.05, 4.69) is 19.2 Å². The number of nitrogens with zero attached hydrogens (tertiary/aromatic N) is 2. The lowest BCUT2D eigenvalue weighted by molar-refractivity contribution is 0.145. The zero-order chi connectivity index (χ0) is 25.1. The molecule has 0 aliphatic carbocycles. The van der Waals surface area contributed by atoms with E-state index in [4.69, 9.17) is 4.74 Å². The molecule has 0 fully saturated rings. The fourth-order valence-electron chi connectivity index (χ4n) is 4.32. The van der Waals surface area contributed by atoms with Crippen molar-refractivity contribution in [2.75, 3.05) is 0 Å². The summed E-state index contributed by atoms with van der Waals surface area (Å²) in [5.41, 5.74) is 3.68. The molecule has 180 valence electrons. The Morgan fingerprint density at radius 3 is 2.40 bits per heavy atom. The summed E-state index contributed by atoms with van der Waals surface area (Å²) in [6, 6.07) is 19.2. The van der Waals surface area contributed by atoms with Crippen LogP contribution < -0.4 is 15.6 Å². The molecular weight excluding hydrogens is 446 g/mol. The number of fused-ring (bicyclic) bond motifs is 1. The lowest BCUT2D eigenvalue weighted by Crippen LogP contribution is -2.38. The Bertz CT molecular complexity index is 1450. The minimum atomic E-state index is -1.51. The predicted molar refractivity (Wildman–Crippen MR) is 133 cm³/mol. The molecule has 8 nitrogen and oxygen atoms in total. The van der Waals surface area contributed by atoms with E-state index in [1.54, 1.807) is 6.07 Å². The number of carboxylic acid groups (broad SMARTS) is 1. The van der Waals surface area contributed by atoms with Crippen LogP contribution in [-0.2, 0) is 13.1 Å². The first kappa shape index (κ1) is 23.8. The second kappa shape index (κ2) is 9.89. The maximum atomic E-state index is 13.4. The molecule has 1 aromatic heterocycles. The van der Waals surface area contributed by atoms with Gasteiger partial charge in [0, 0.05) is 6.54 Å². The first-order valence-electron chi connectivity index (χ1n) is 11.3. The average Bonchev–Trinajstić information content (AvgIpc) is 3.10. The SMILES string of the molecule is Cc1cccc(C(C)C)c1CNC(=O)n1c(=O)c2cccc(OC(=O)O)c2n1Cc1ccccc1. The van der Waals surface area contributed by atoms with E-state index in [0.717, 1.165) is 26.9 Å². The van der Waals surface area contributed by atoms with Gasteiger partial charge in [0.1, 0.15) is 5.52 Å². The predicted octanol–water partition coefficient (Wildman–Crippen LogP) is 5.10. The molecule has 0 saturated carbocycles. The van der Waals surface area contributed by atoms with E-state index in [1.165, 1.54) is 16.8 Å². The van der Waals surface area contributed by atoms with Crippen molar-refractivity contribution in [2.24, 2.45) is 0 Å². The molecule has 0 atom stereocenters. The van der Waals surface area contributed by atoms with E-state index in [-0.39, 0.29) is 35.7 Å². The largest absolute Gasteiger partial charge is 0.511 e. The van der Waals surface area contributed by atoms with Gasteiger partial charge in [-0.3, -0.25) is 9.48 Å². The summed E-state index contributed by atoms with van der Waals surface area (Å²) in [6.07, 6.45) is -1.51. The number of aryl methyl sites for hydroxylation is 1. The third-order valence-electron chi connectivity index (χ3n) is 5.97. The van der Waals surface area contributed by atoms with Crippen molar-refractivity contribution in [1.82, 2.24) is 14.7 Å². The molecular formula is C27H27N3O5. The van der Waals surface area contributed by atoms with Crippen molar-refractivity contribution in [3.8, 4) is 5.75 Å². The van der Waals surface area contributed by atoms with Crippen molar-refractivity contribution >= 4 is 23.1 Å². The molecule has 1 amide bonds. The van der Waals surface area contributed by atoms with Gasteiger partial charge in [0.2, 0.25) is 0 Å². The Kier molecular flexibility index (Phi) is 6.73. The van der Waals surface area contributed by atoms with Crippen LogP contribution in [0.3, 0.4) is 0 Å². The first-order valence-corrected chi connectivity index (χ1v) is 11.3. The molecule has 0 spiro atoms. The number of aromatic nitrogens is 2. The Hall–Kier alpha value is -4.33. The van der Waals surface area contributed by atoms with Crippen LogP contribution in [0.15, 0.2) is 71.5 Å². The van der Waals surface area contributed by atoms with Crippen LogP contribution in [0.5, 0.6) is 5.75 Å². The van der Waals surface area contributed by atoms with Gasteiger partial charge in [-0.15, -0.1) is 0 Å². The third-order valence-corrected chi connectivity index (χ3v) is 5.97. The van der Waals surface area contributed by atoms with Crippen molar-refractivity contribution in [1.29, 1.82) is 0 Å². The van der Waals surface area contributed by atoms with Gasteiger partial charge in [-0.05, 0) is 47.2 Å². The summed E-state index contributed by atoms with van der Waals surface area (Å²) in [4.78, 5) is 38.1. The van der Waals surface area contributed by atoms with Crippen LogP contribution in [0.25, 0.3) is 10.9 Å². The maximum Gasteiger partial charge on any atom is 0.511 e. The highest BCUT2D eigenvalue weighted by Gasteiger charge is 2.23. The summed E-state index contributed by atoms with van der Waals surface area (Å²) < 4.78 is 7.43. The number of carbonyl (C=O) groups excluding carboxylic acids is 1. The number of rotatable bonds is 6. The average molecular weight is 474 g/mol. The molecule has 1 heterocycles. The normalized spacial score (nSPS) is 11.1. The van der Waals surface area contributed by atoms with E-state index in [1.807, 2.05) is 55.5 Å². The molecule has 0 bridgehead atoms. The van der Waals surface area contributed by atoms with Gasteiger partial charge in [0.05, 0.1) is 11.9 Å². The van der Waals surface area contributed by atoms with Gasteiger partial charge in [0.25, 0.3) is 5.56 Å². The monoisotopic (exact) mass is 473 g/mol. The second-order valence-corrected chi connectivity index (χ2v) is 8.64. The summed E-state index contributed by atoms with van der Waals surface area (Å²) in [7, 11) is 0. The minimum absolute atomic E-state index is 0.0180. The van der Waals surface area contributed by atoms with Crippen LogP contribution in [0.2, 0.25) is 0 Å². The van der Waals surface area contributed by atoms with Crippen LogP contribution in [-0.4, -0.2) is 26.7 Å². The van der Waals surface area contributed by atoms with Gasteiger partial charge in [-0.25, -0.2) is 9.59 Å². The summed E-state index contributed by atoms with van der Waals surface area (Å²) in [5, 5.41) is 12.3. The second-order valence-electron chi connectivity index (χ2n) is 8.64. The van der Waals surface area contributed by atoms with Gasteiger partial charge >= 0.3 is 12.2 Å². The Labute approximate surface area is 202 Å². The van der Waals surface area contributed by atoms with E-state index < -0.39 is 17.7 Å². The minimum Gasteiger partial charge on any atom is -0.449 e. The highest BCUT2D eigenvalue weighted by Crippen LogP contribution is 2.26. The van der Waals surface area contributed by atoms with E-state index in [0.29, 0.717) is 0 Å². The number of hydrogen-bond donors (Lipinski definition) is 2. The molecule has 0 saturated heterocycles. The smallest absolute Gasteiger partial charge is 0.449 e. The quantitative estimate of drug-likeness (QED) is 0.300. The number of carbonyl (C=O) groups is 2. The molecule has 4 rings (SSSR count). The zero-order valence-corrected chi connectivity index (χ0v) is 19.8. The zero-order valence-electron chi connectivity index (χ0n) is 19.8. The fourth-order valence-corrected chi connectivity index (χ4v) is 4.32. The molecule has 0 aliphatic rings. The van der Waals surface area contributed by atoms with E-state index in [9.17, 15) is 19.5 Å². The highest BCUT2D eigenvalue weighted by molar-refractivity contribution is 5.90. The maximum absolute atomic E-state index is 13.4. The van der Waals surface area contributed by atoms with Crippen LogP contribution >= 0.6 is 0 Å². The summed E-state index contributed by atoms with van der Waals surface area (Å²) >= 11 is 0. The number of benzene rings is 3. The number of hydrogen-bond acceptors (Lipinski definition) is 4. The topological polar surface area (TPSA) is 103 Å². The number of amides is 1. The Morgan fingerprint density at radius 2 is 1.71 bits per heavy atom. The Balaban J connectivity index is 1.80. The lowest BCUT2D eigenvalue weighted by atomic mass is 9.94. The molecule has 0 radical (unpaired) electrons.